The van der Waals surface area contributed by atoms with E-state index in [9.17, 15) is 19.7 Å². The van der Waals surface area contributed by atoms with Crippen molar-refractivity contribution in [1.29, 1.82) is 0 Å². The molecule has 2 rings (SSSR count). The lowest BCUT2D eigenvalue weighted by Crippen LogP contribution is -2.42. The van der Waals surface area contributed by atoms with Gasteiger partial charge in [-0.2, -0.15) is 0 Å². The summed E-state index contributed by atoms with van der Waals surface area (Å²) in [5.74, 6) is -0.0342. The van der Waals surface area contributed by atoms with Crippen LogP contribution >= 0.6 is 0 Å². The van der Waals surface area contributed by atoms with Crippen LogP contribution in [0.25, 0.3) is 6.08 Å². The van der Waals surface area contributed by atoms with Crippen LogP contribution in [0.2, 0.25) is 0 Å². The quantitative estimate of drug-likeness (QED) is 0.520. The maximum Gasteiger partial charge on any atom is 0.270 e. The Labute approximate surface area is 140 Å². The molecule has 1 aliphatic heterocycles. The molecule has 0 aromatic heterocycles. The molecule has 1 aromatic carbocycles. The van der Waals surface area contributed by atoms with Gasteiger partial charge in [0.25, 0.3) is 11.6 Å². The normalized spacial score (nSPS) is 15.9. The summed E-state index contributed by atoms with van der Waals surface area (Å²) in [7, 11) is 0. The van der Waals surface area contributed by atoms with E-state index in [0.29, 0.717) is 24.6 Å². The zero-order chi connectivity index (χ0) is 17.7. The van der Waals surface area contributed by atoms with E-state index in [2.05, 4.69) is 12.2 Å². The lowest BCUT2D eigenvalue weighted by molar-refractivity contribution is -0.384. The number of non-ortho nitro benzene ring substituents is 1. The summed E-state index contributed by atoms with van der Waals surface area (Å²) in [6, 6.07) is 5.94. The minimum absolute atomic E-state index is 0.0647. The number of hydrogen-bond acceptors (Lipinski definition) is 4. The van der Waals surface area contributed by atoms with Crippen molar-refractivity contribution in [2.24, 2.45) is 5.92 Å². The molecule has 1 aliphatic rings. The third-order valence-corrected chi connectivity index (χ3v) is 4.00. The average molecular weight is 331 g/mol. The minimum atomic E-state index is -0.497. The van der Waals surface area contributed by atoms with Gasteiger partial charge in [-0.1, -0.05) is 19.1 Å². The van der Waals surface area contributed by atoms with Gasteiger partial charge < -0.3 is 10.2 Å². The minimum Gasteiger partial charge on any atom is -0.337 e. The molecule has 1 N–H and O–H groups in total. The molecule has 0 bridgehead atoms. The van der Waals surface area contributed by atoms with Crippen LogP contribution < -0.4 is 5.32 Å². The number of nitrogens with one attached hydrogen (secondary N) is 1. The Bertz CT molecular complexity index is 676. The van der Waals surface area contributed by atoms with Crippen LogP contribution in [0.15, 0.2) is 30.0 Å². The first-order valence-electron chi connectivity index (χ1n) is 7.90. The van der Waals surface area contributed by atoms with Crippen molar-refractivity contribution in [2.45, 2.75) is 26.7 Å². The molecule has 0 aliphatic carbocycles. The number of benzene rings is 1. The van der Waals surface area contributed by atoms with Crippen molar-refractivity contribution in [3.63, 3.8) is 0 Å². The monoisotopic (exact) mass is 331 g/mol. The molecule has 1 aromatic rings. The number of carbonyl (C=O) groups excluding carboxylic acids is 2. The predicted molar refractivity (Wildman–Crippen MR) is 89.9 cm³/mol. The van der Waals surface area contributed by atoms with Crippen LogP contribution in [-0.2, 0) is 9.59 Å². The fourth-order valence-electron chi connectivity index (χ4n) is 2.62. The molecule has 7 nitrogen and oxygen atoms in total. The second-order valence-electron chi connectivity index (χ2n) is 6.07. The molecule has 0 spiro atoms. The van der Waals surface area contributed by atoms with Gasteiger partial charge >= 0.3 is 0 Å². The van der Waals surface area contributed by atoms with Gasteiger partial charge in [-0.3, -0.25) is 19.7 Å². The first kappa shape index (κ1) is 17.7. The van der Waals surface area contributed by atoms with E-state index in [1.165, 1.54) is 25.1 Å². The summed E-state index contributed by atoms with van der Waals surface area (Å²) in [6.45, 7) is 4.76. The van der Waals surface area contributed by atoms with Crippen molar-refractivity contribution in [2.75, 3.05) is 13.1 Å². The molecule has 2 amide bonds. The highest BCUT2D eigenvalue weighted by Crippen LogP contribution is 2.19. The van der Waals surface area contributed by atoms with Crippen LogP contribution in [-0.4, -0.2) is 34.7 Å². The average Bonchev–Trinajstić information content (AvgIpc) is 2.54. The van der Waals surface area contributed by atoms with Crippen LogP contribution in [0.5, 0.6) is 0 Å². The van der Waals surface area contributed by atoms with Gasteiger partial charge in [-0.25, -0.2) is 0 Å². The fraction of sp³-hybridized carbons (Fsp3) is 0.412. The van der Waals surface area contributed by atoms with E-state index < -0.39 is 4.92 Å². The van der Waals surface area contributed by atoms with Crippen molar-refractivity contribution in [3.8, 4) is 0 Å². The van der Waals surface area contributed by atoms with E-state index in [1.54, 1.807) is 17.0 Å². The van der Waals surface area contributed by atoms with Crippen LogP contribution in [0.3, 0.4) is 0 Å². The van der Waals surface area contributed by atoms with E-state index in [1.807, 2.05) is 0 Å². The first-order chi connectivity index (χ1) is 11.4. The molecule has 0 saturated carbocycles. The summed E-state index contributed by atoms with van der Waals surface area (Å²) in [5, 5.41) is 13.4. The van der Waals surface area contributed by atoms with E-state index >= 15 is 0 Å². The number of carbonyl (C=O) groups is 2. The third kappa shape index (κ3) is 4.65. The smallest absolute Gasteiger partial charge is 0.270 e. The van der Waals surface area contributed by atoms with Crippen LogP contribution in [0, 0.1) is 16.0 Å². The molecule has 0 radical (unpaired) electrons. The van der Waals surface area contributed by atoms with Gasteiger partial charge in [0.15, 0.2) is 0 Å². The van der Waals surface area contributed by atoms with E-state index in [-0.39, 0.29) is 23.2 Å². The number of nitro groups is 1. The van der Waals surface area contributed by atoms with E-state index in [0.717, 1.165) is 12.8 Å². The molecule has 1 heterocycles. The number of hydrogen-bond donors (Lipinski definition) is 1. The maximum absolute atomic E-state index is 12.7. The molecule has 24 heavy (non-hydrogen) atoms. The Hall–Kier alpha value is -2.70. The molecule has 128 valence electrons. The summed E-state index contributed by atoms with van der Waals surface area (Å²) >= 11 is 0. The molecular formula is C17H21N3O4. The Morgan fingerprint density at radius 1 is 1.33 bits per heavy atom. The largest absolute Gasteiger partial charge is 0.337 e. The van der Waals surface area contributed by atoms with Crippen LogP contribution in [0.4, 0.5) is 5.69 Å². The standard InChI is InChI=1S/C17H21N3O4/c1-12-6-8-19(9-7-12)17(22)16(18-13(2)21)11-14-4-3-5-15(10-14)20(23)24/h3-5,10-12H,6-9H2,1-2H3,(H,18,21)/b16-11+. The molecule has 0 atom stereocenters. The number of piperidine rings is 1. The van der Waals surface area contributed by atoms with Crippen molar-refractivity contribution in [1.82, 2.24) is 10.2 Å². The Balaban J connectivity index is 2.27. The third-order valence-electron chi connectivity index (χ3n) is 4.00. The number of likely N-dealkylation sites (tertiary alicyclic amines) is 1. The second kappa shape index (κ2) is 7.72. The molecular weight excluding hydrogens is 310 g/mol. The molecule has 1 fully saturated rings. The van der Waals surface area contributed by atoms with E-state index in [4.69, 9.17) is 0 Å². The van der Waals surface area contributed by atoms with Gasteiger partial charge in [0.2, 0.25) is 5.91 Å². The maximum atomic E-state index is 12.7. The highest BCUT2D eigenvalue weighted by molar-refractivity contribution is 6.01. The molecule has 0 unspecified atom stereocenters. The Kier molecular flexibility index (Phi) is 5.68. The Morgan fingerprint density at radius 3 is 2.58 bits per heavy atom. The highest BCUT2D eigenvalue weighted by atomic mass is 16.6. The van der Waals surface area contributed by atoms with Gasteiger partial charge in [-0.05, 0) is 30.4 Å². The summed E-state index contributed by atoms with van der Waals surface area (Å²) < 4.78 is 0. The first-order valence-corrected chi connectivity index (χ1v) is 7.90. The number of amides is 2. The predicted octanol–water partition coefficient (Wildman–Crippen LogP) is 2.33. The summed E-state index contributed by atoms with van der Waals surface area (Å²) in [6.07, 6.45) is 3.33. The SMILES string of the molecule is CC(=O)N/C(=C/c1cccc([N+](=O)[O-])c1)C(=O)N1CCC(C)CC1. The zero-order valence-electron chi connectivity index (χ0n) is 13.8. The molecule has 1 saturated heterocycles. The molecule has 7 heteroatoms. The lowest BCUT2D eigenvalue weighted by Gasteiger charge is -2.31. The Morgan fingerprint density at radius 2 is 2.00 bits per heavy atom. The topological polar surface area (TPSA) is 92.5 Å². The van der Waals surface area contributed by atoms with Gasteiger partial charge in [0.1, 0.15) is 5.70 Å². The second-order valence-corrected chi connectivity index (χ2v) is 6.07. The number of nitrogens with zero attached hydrogens (tertiary/aromatic N) is 2. The number of nitro benzene ring substituents is 1. The zero-order valence-corrected chi connectivity index (χ0v) is 13.8. The van der Waals surface area contributed by atoms with Gasteiger partial charge in [-0.15, -0.1) is 0 Å². The summed E-state index contributed by atoms with van der Waals surface area (Å²) in [4.78, 5) is 36.2. The van der Waals surface area contributed by atoms with Crippen molar-refractivity contribution >= 4 is 23.6 Å². The van der Waals surface area contributed by atoms with Crippen LogP contribution in [0.1, 0.15) is 32.3 Å². The van der Waals surface area contributed by atoms with Crippen molar-refractivity contribution < 1.29 is 14.5 Å². The van der Waals surface area contributed by atoms with Gasteiger partial charge in [0.05, 0.1) is 4.92 Å². The highest BCUT2D eigenvalue weighted by Gasteiger charge is 2.23. The number of rotatable bonds is 4. The van der Waals surface area contributed by atoms with Crippen molar-refractivity contribution in [3.05, 3.63) is 45.6 Å². The van der Waals surface area contributed by atoms with Gasteiger partial charge in [0, 0.05) is 32.1 Å². The lowest BCUT2D eigenvalue weighted by atomic mass is 9.99. The summed E-state index contributed by atoms with van der Waals surface area (Å²) in [5.41, 5.74) is 0.564. The fourth-order valence-corrected chi connectivity index (χ4v) is 2.62.